The molecule has 0 aliphatic heterocycles. The molecule has 18 heavy (non-hydrogen) atoms. The van der Waals surface area contributed by atoms with E-state index in [2.05, 4.69) is 10.6 Å². The first kappa shape index (κ1) is 14.8. The van der Waals surface area contributed by atoms with E-state index in [1.807, 2.05) is 0 Å². The summed E-state index contributed by atoms with van der Waals surface area (Å²) in [7, 11) is 0. The topological polar surface area (TPSA) is 78.4 Å². The van der Waals surface area contributed by atoms with Crippen molar-refractivity contribution in [1.29, 1.82) is 0 Å². The van der Waals surface area contributed by atoms with Crippen LogP contribution in [-0.2, 0) is 4.79 Å². The van der Waals surface area contributed by atoms with Crippen molar-refractivity contribution in [3.63, 3.8) is 0 Å². The average molecular weight is 256 g/mol. The summed E-state index contributed by atoms with van der Waals surface area (Å²) in [5.41, 5.74) is 0. The van der Waals surface area contributed by atoms with E-state index in [9.17, 15) is 9.59 Å². The van der Waals surface area contributed by atoms with E-state index >= 15 is 0 Å². The van der Waals surface area contributed by atoms with Crippen LogP contribution in [0.25, 0.3) is 0 Å². The fourth-order valence-corrected chi connectivity index (χ4v) is 2.41. The Balaban J connectivity index is 1.93. The smallest absolute Gasteiger partial charge is 0.314 e. The van der Waals surface area contributed by atoms with Gasteiger partial charge in [0.15, 0.2) is 0 Å². The first-order chi connectivity index (χ1) is 8.68. The second kappa shape index (κ2) is 8.78. The number of carboxylic acid groups (broad SMARTS) is 1. The Morgan fingerprint density at radius 1 is 1.06 bits per heavy atom. The molecule has 1 saturated carbocycles. The summed E-state index contributed by atoms with van der Waals surface area (Å²) in [6.07, 6.45) is 8.93. The van der Waals surface area contributed by atoms with E-state index in [0.717, 1.165) is 12.3 Å². The number of rotatable bonds is 7. The summed E-state index contributed by atoms with van der Waals surface area (Å²) < 4.78 is 0. The minimum absolute atomic E-state index is 0.0322. The van der Waals surface area contributed by atoms with Crippen LogP contribution in [-0.4, -0.2) is 30.2 Å². The molecule has 0 aromatic rings. The molecule has 5 nitrogen and oxygen atoms in total. The third kappa shape index (κ3) is 7.14. The number of urea groups is 1. The van der Waals surface area contributed by atoms with Crippen molar-refractivity contribution in [3.8, 4) is 0 Å². The largest absolute Gasteiger partial charge is 0.481 e. The van der Waals surface area contributed by atoms with Crippen molar-refractivity contribution in [2.24, 2.45) is 5.92 Å². The Kier molecular flexibility index (Phi) is 7.22. The standard InChI is InChI=1S/C13H24N2O3/c16-12(17)8-10-15-13(18)14-9-4-7-11-5-2-1-3-6-11/h11H,1-10H2,(H,16,17)(H2,14,15,18). The lowest BCUT2D eigenvalue weighted by atomic mass is 9.86. The minimum Gasteiger partial charge on any atom is -0.481 e. The number of amides is 2. The van der Waals surface area contributed by atoms with Crippen LogP contribution in [0.2, 0.25) is 0 Å². The van der Waals surface area contributed by atoms with Crippen molar-refractivity contribution >= 4 is 12.0 Å². The van der Waals surface area contributed by atoms with Gasteiger partial charge in [0.1, 0.15) is 0 Å². The molecule has 0 bridgehead atoms. The van der Waals surface area contributed by atoms with Gasteiger partial charge in [0.05, 0.1) is 6.42 Å². The highest BCUT2D eigenvalue weighted by molar-refractivity contribution is 5.74. The zero-order chi connectivity index (χ0) is 13.2. The van der Waals surface area contributed by atoms with E-state index in [4.69, 9.17) is 5.11 Å². The van der Waals surface area contributed by atoms with Gasteiger partial charge in [-0.05, 0) is 18.8 Å². The second-order valence-electron chi connectivity index (χ2n) is 4.97. The summed E-state index contributed by atoms with van der Waals surface area (Å²) >= 11 is 0. The Morgan fingerprint density at radius 2 is 1.72 bits per heavy atom. The van der Waals surface area contributed by atoms with E-state index < -0.39 is 5.97 Å². The molecular weight excluding hydrogens is 232 g/mol. The summed E-state index contributed by atoms with van der Waals surface area (Å²) in [4.78, 5) is 21.5. The number of carbonyl (C=O) groups excluding carboxylic acids is 1. The lowest BCUT2D eigenvalue weighted by molar-refractivity contribution is -0.136. The van der Waals surface area contributed by atoms with E-state index in [1.165, 1.54) is 38.5 Å². The molecule has 104 valence electrons. The molecule has 1 aliphatic carbocycles. The second-order valence-corrected chi connectivity index (χ2v) is 4.97. The third-order valence-corrected chi connectivity index (χ3v) is 3.42. The maximum absolute atomic E-state index is 11.3. The summed E-state index contributed by atoms with van der Waals surface area (Å²) in [5, 5.41) is 13.7. The molecule has 0 atom stereocenters. The highest BCUT2D eigenvalue weighted by Crippen LogP contribution is 2.26. The van der Waals surface area contributed by atoms with Crippen LogP contribution >= 0.6 is 0 Å². The molecule has 1 aliphatic rings. The van der Waals surface area contributed by atoms with Gasteiger partial charge in [0.2, 0.25) is 0 Å². The number of carboxylic acids is 1. The Hall–Kier alpha value is -1.26. The number of hydrogen-bond acceptors (Lipinski definition) is 2. The van der Waals surface area contributed by atoms with Crippen LogP contribution in [0.5, 0.6) is 0 Å². The van der Waals surface area contributed by atoms with Crippen molar-refractivity contribution in [3.05, 3.63) is 0 Å². The van der Waals surface area contributed by atoms with Gasteiger partial charge in [-0.15, -0.1) is 0 Å². The zero-order valence-corrected chi connectivity index (χ0v) is 10.9. The van der Waals surface area contributed by atoms with Crippen LogP contribution in [0.4, 0.5) is 4.79 Å². The van der Waals surface area contributed by atoms with Gasteiger partial charge in [-0.1, -0.05) is 32.1 Å². The monoisotopic (exact) mass is 256 g/mol. The van der Waals surface area contributed by atoms with E-state index in [-0.39, 0.29) is 19.0 Å². The first-order valence-corrected chi connectivity index (χ1v) is 6.92. The Labute approximate surface area is 108 Å². The summed E-state index contributed by atoms with van der Waals surface area (Å²) in [6.45, 7) is 0.860. The fraction of sp³-hybridized carbons (Fsp3) is 0.846. The van der Waals surface area contributed by atoms with E-state index in [0.29, 0.717) is 6.54 Å². The minimum atomic E-state index is -0.896. The van der Waals surface area contributed by atoms with Crippen LogP contribution in [0, 0.1) is 5.92 Å². The van der Waals surface area contributed by atoms with Gasteiger partial charge in [-0.2, -0.15) is 0 Å². The zero-order valence-electron chi connectivity index (χ0n) is 10.9. The maximum atomic E-state index is 11.3. The molecule has 1 fully saturated rings. The molecule has 0 spiro atoms. The summed E-state index contributed by atoms with van der Waals surface area (Å²) in [6, 6.07) is -0.264. The summed E-state index contributed by atoms with van der Waals surface area (Å²) in [5.74, 6) is -0.0526. The molecule has 5 heteroatoms. The van der Waals surface area contributed by atoms with Crippen molar-refractivity contribution in [2.45, 2.75) is 51.4 Å². The van der Waals surface area contributed by atoms with Gasteiger partial charge in [-0.25, -0.2) is 4.79 Å². The van der Waals surface area contributed by atoms with Gasteiger partial charge in [0, 0.05) is 13.1 Å². The van der Waals surface area contributed by atoms with Crippen molar-refractivity contribution < 1.29 is 14.7 Å². The molecule has 0 heterocycles. The SMILES string of the molecule is O=C(O)CCNC(=O)NCCCC1CCCCC1. The Morgan fingerprint density at radius 3 is 2.39 bits per heavy atom. The third-order valence-electron chi connectivity index (χ3n) is 3.42. The normalized spacial score (nSPS) is 16.2. The van der Waals surface area contributed by atoms with Crippen molar-refractivity contribution in [2.75, 3.05) is 13.1 Å². The maximum Gasteiger partial charge on any atom is 0.314 e. The first-order valence-electron chi connectivity index (χ1n) is 6.92. The van der Waals surface area contributed by atoms with Gasteiger partial charge in [-0.3, -0.25) is 4.79 Å². The molecule has 0 radical (unpaired) electrons. The molecule has 0 aromatic carbocycles. The molecule has 0 saturated heterocycles. The fourth-order valence-electron chi connectivity index (χ4n) is 2.41. The highest BCUT2D eigenvalue weighted by Gasteiger charge is 2.12. The quantitative estimate of drug-likeness (QED) is 0.610. The van der Waals surface area contributed by atoms with Gasteiger partial charge in [0.25, 0.3) is 0 Å². The molecule has 0 unspecified atom stereocenters. The lowest BCUT2D eigenvalue weighted by Crippen LogP contribution is -2.37. The molecule has 3 N–H and O–H groups in total. The highest BCUT2D eigenvalue weighted by atomic mass is 16.4. The lowest BCUT2D eigenvalue weighted by Gasteiger charge is -2.21. The van der Waals surface area contributed by atoms with Crippen LogP contribution in [0.1, 0.15) is 51.4 Å². The molecule has 0 aromatic heterocycles. The molecular formula is C13H24N2O3. The van der Waals surface area contributed by atoms with E-state index in [1.54, 1.807) is 0 Å². The van der Waals surface area contributed by atoms with Crippen LogP contribution in [0.3, 0.4) is 0 Å². The van der Waals surface area contributed by atoms with Gasteiger partial charge < -0.3 is 15.7 Å². The number of carbonyl (C=O) groups is 2. The van der Waals surface area contributed by atoms with Crippen LogP contribution in [0.15, 0.2) is 0 Å². The predicted molar refractivity (Wildman–Crippen MR) is 69.5 cm³/mol. The van der Waals surface area contributed by atoms with Crippen LogP contribution < -0.4 is 10.6 Å². The molecule has 2 amide bonds. The number of nitrogens with one attached hydrogen (secondary N) is 2. The molecule has 1 rings (SSSR count). The predicted octanol–water partition coefficient (Wildman–Crippen LogP) is 2.12. The average Bonchev–Trinajstić information content (AvgIpc) is 2.35. The van der Waals surface area contributed by atoms with Gasteiger partial charge >= 0.3 is 12.0 Å². The number of aliphatic carboxylic acids is 1. The number of hydrogen-bond donors (Lipinski definition) is 3. The van der Waals surface area contributed by atoms with Crippen molar-refractivity contribution in [1.82, 2.24) is 10.6 Å². The Bertz CT molecular complexity index is 263.